The summed E-state index contributed by atoms with van der Waals surface area (Å²) < 4.78 is 34.1. The van der Waals surface area contributed by atoms with Crippen LogP contribution in [0.1, 0.15) is 60.5 Å². The molecule has 0 spiro atoms. The Morgan fingerprint density at radius 2 is 1.58 bits per heavy atom. The summed E-state index contributed by atoms with van der Waals surface area (Å²) in [5.41, 5.74) is 5.19. The molecule has 1 amide bonds. The van der Waals surface area contributed by atoms with Crippen molar-refractivity contribution in [1.82, 2.24) is 5.32 Å². The molecule has 0 aliphatic carbocycles. The molecule has 0 fully saturated rings. The number of hydrogen-bond donors (Lipinski definition) is 1. The van der Waals surface area contributed by atoms with Crippen molar-refractivity contribution in [2.75, 3.05) is 18.0 Å². The van der Waals surface area contributed by atoms with Crippen molar-refractivity contribution in [3.05, 3.63) is 88.5 Å². The SMILES string of the molecule is COc1cc(C)c([C@H](C)NC(=O)CN(c2cc(C)ccc2C)S(=O)(=O)c2ccccc2)cc1C(C)C. The number of benzene rings is 3. The highest BCUT2D eigenvalue weighted by molar-refractivity contribution is 7.92. The number of carbonyl (C=O) groups excluding carboxylic acids is 1. The van der Waals surface area contributed by atoms with Crippen molar-refractivity contribution in [1.29, 1.82) is 0 Å². The summed E-state index contributed by atoms with van der Waals surface area (Å²) >= 11 is 0. The highest BCUT2D eigenvalue weighted by Crippen LogP contribution is 2.32. The highest BCUT2D eigenvalue weighted by atomic mass is 32.2. The molecule has 6 nitrogen and oxygen atoms in total. The summed E-state index contributed by atoms with van der Waals surface area (Å²) in [7, 11) is -2.31. The van der Waals surface area contributed by atoms with Crippen molar-refractivity contribution in [2.45, 2.75) is 58.4 Å². The molecule has 1 atom stereocenters. The van der Waals surface area contributed by atoms with Gasteiger partial charge in [-0.2, -0.15) is 0 Å². The van der Waals surface area contributed by atoms with Gasteiger partial charge in [-0.3, -0.25) is 9.10 Å². The van der Waals surface area contributed by atoms with Crippen LogP contribution in [0.5, 0.6) is 5.75 Å². The third kappa shape index (κ3) is 5.90. The maximum Gasteiger partial charge on any atom is 0.264 e. The molecule has 7 heteroatoms. The van der Waals surface area contributed by atoms with Crippen LogP contribution in [0.4, 0.5) is 5.69 Å². The maximum atomic E-state index is 13.7. The number of aryl methyl sites for hydroxylation is 3. The average Bonchev–Trinajstić information content (AvgIpc) is 2.84. The summed E-state index contributed by atoms with van der Waals surface area (Å²) in [6.07, 6.45) is 0. The average molecular weight is 509 g/mol. The Labute approximate surface area is 215 Å². The number of amides is 1. The first-order valence-corrected chi connectivity index (χ1v) is 13.5. The molecule has 0 saturated heterocycles. The number of methoxy groups -OCH3 is 1. The normalized spacial score (nSPS) is 12.3. The first kappa shape index (κ1) is 27.3. The van der Waals surface area contributed by atoms with Gasteiger partial charge in [0.2, 0.25) is 5.91 Å². The molecule has 0 bridgehead atoms. The zero-order valence-electron chi connectivity index (χ0n) is 22.1. The van der Waals surface area contributed by atoms with E-state index in [0.717, 1.165) is 33.6 Å². The molecule has 0 unspecified atom stereocenters. The standard InChI is InChI=1S/C29H36N2O4S/c1-19(2)25-17-26(22(5)16-28(25)35-7)23(6)30-29(32)18-31(27-15-20(3)13-14-21(27)4)36(33,34)24-11-9-8-10-12-24/h8-17,19,23H,18H2,1-7H3,(H,30,32)/t23-/m0/s1. The predicted molar refractivity (Wildman–Crippen MR) is 145 cm³/mol. The van der Waals surface area contributed by atoms with Crippen LogP contribution in [0.3, 0.4) is 0 Å². The van der Waals surface area contributed by atoms with E-state index in [1.54, 1.807) is 43.5 Å². The second kappa shape index (κ2) is 11.2. The molecule has 192 valence electrons. The molecule has 36 heavy (non-hydrogen) atoms. The summed E-state index contributed by atoms with van der Waals surface area (Å²) in [4.78, 5) is 13.4. The second-order valence-corrected chi connectivity index (χ2v) is 11.4. The number of rotatable bonds is 9. The summed E-state index contributed by atoms with van der Waals surface area (Å²) in [5, 5.41) is 3.01. The lowest BCUT2D eigenvalue weighted by Crippen LogP contribution is -2.42. The Bertz CT molecular complexity index is 1330. The van der Waals surface area contributed by atoms with Gasteiger partial charge in [-0.05, 0) is 91.8 Å². The van der Waals surface area contributed by atoms with E-state index < -0.39 is 10.0 Å². The monoisotopic (exact) mass is 508 g/mol. The quantitative estimate of drug-likeness (QED) is 0.395. The minimum absolute atomic E-state index is 0.138. The zero-order chi connectivity index (χ0) is 26.6. The number of sulfonamides is 1. The number of anilines is 1. The Balaban J connectivity index is 1.95. The van der Waals surface area contributed by atoms with E-state index in [0.29, 0.717) is 5.69 Å². The molecule has 0 saturated carbocycles. The van der Waals surface area contributed by atoms with Gasteiger partial charge in [-0.25, -0.2) is 8.42 Å². The first-order valence-electron chi connectivity index (χ1n) is 12.1. The van der Waals surface area contributed by atoms with Crippen LogP contribution in [-0.4, -0.2) is 28.0 Å². The number of ether oxygens (including phenoxy) is 1. The fourth-order valence-corrected chi connectivity index (χ4v) is 5.81. The molecular formula is C29H36N2O4S. The minimum atomic E-state index is -3.97. The third-order valence-corrected chi connectivity index (χ3v) is 8.11. The lowest BCUT2D eigenvalue weighted by molar-refractivity contribution is -0.120. The largest absolute Gasteiger partial charge is 0.496 e. The lowest BCUT2D eigenvalue weighted by Gasteiger charge is -2.27. The van der Waals surface area contributed by atoms with E-state index in [1.807, 2.05) is 45.9 Å². The van der Waals surface area contributed by atoms with Crippen LogP contribution in [0.15, 0.2) is 65.6 Å². The van der Waals surface area contributed by atoms with Crippen LogP contribution >= 0.6 is 0 Å². The van der Waals surface area contributed by atoms with E-state index >= 15 is 0 Å². The molecule has 3 rings (SSSR count). The molecule has 3 aromatic rings. The van der Waals surface area contributed by atoms with Crippen LogP contribution < -0.4 is 14.4 Å². The predicted octanol–water partition coefficient (Wildman–Crippen LogP) is 5.82. The summed E-state index contributed by atoms with van der Waals surface area (Å²) in [5.74, 6) is 0.682. The van der Waals surface area contributed by atoms with Crippen molar-refractivity contribution in [3.63, 3.8) is 0 Å². The smallest absolute Gasteiger partial charge is 0.264 e. The molecule has 0 heterocycles. The molecule has 0 aliphatic rings. The molecule has 0 radical (unpaired) electrons. The molecule has 3 aromatic carbocycles. The molecule has 1 N–H and O–H groups in total. The van der Waals surface area contributed by atoms with E-state index in [4.69, 9.17) is 4.74 Å². The zero-order valence-corrected chi connectivity index (χ0v) is 22.9. The Morgan fingerprint density at radius 1 is 0.917 bits per heavy atom. The van der Waals surface area contributed by atoms with Gasteiger partial charge in [0.1, 0.15) is 12.3 Å². The minimum Gasteiger partial charge on any atom is -0.496 e. The van der Waals surface area contributed by atoms with Gasteiger partial charge in [0.25, 0.3) is 10.0 Å². The van der Waals surface area contributed by atoms with Crippen molar-refractivity contribution in [2.24, 2.45) is 0 Å². The number of carbonyl (C=O) groups is 1. The number of hydrogen-bond acceptors (Lipinski definition) is 4. The Kier molecular flexibility index (Phi) is 8.46. The van der Waals surface area contributed by atoms with Crippen LogP contribution in [-0.2, 0) is 14.8 Å². The van der Waals surface area contributed by atoms with Gasteiger partial charge in [0.05, 0.1) is 23.7 Å². The molecule has 0 aliphatic heterocycles. The fraction of sp³-hybridized carbons (Fsp3) is 0.345. The van der Waals surface area contributed by atoms with Crippen molar-refractivity contribution < 1.29 is 17.9 Å². The number of nitrogens with zero attached hydrogens (tertiary/aromatic N) is 1. The summed E-state index contributed by atoms with van der Waals surface area (Å²) in [6, 6.07) is 17.5. The van der Waals surface area contributed by atoms with Gasteiger partial charge in [0.15, 0.2) is 0 Å². The van der Waals surface area contributed by atoms with Crippen LogP contribution in [0, 0.1) is 20.8 Å². The maximum absolute atomic E-state index is 13.7. The Hall–Kier alpha value is -3.32. The first-order chi connectivity index (χ1) is 16.9. The summed E-state index contributed by atoms with van der Waals surface area (Å²) in [6.45, 7) is 11.5. The second-order valence-electron chi connectivity index (χ2n) is 9.51. The fourth-order valence-electron chi connectivity index (χ4n) is 4.31. The van der Waals surface area contributed by atoms with Gasteiger partial charge in [-0.1, -0.05) is 44.2 Å². The van der Waals surface area contributed by atoms with Gasteiger partial charge >= 0.3 is 0 Å². The van der Waals surface area contributed by atoms with E-state index in [9.17, 15) is 13.2 Å². The van der Waals surface area contributed by atoms with E-state index in [-0.39, 0.29) is 29.3 Å². The van der Waals surface area contributed by atoms with Gasteiger partial charge in [0, 0.05) is 0 Å². The topological polar surface area (TPSA) is 75.7 Å². The van der Waals surface area contributed by atoms with Gasteiger partial charge < -0.3 is 10.1 Å². The van der Waals surface area contributed by atoms with Crippen molar-refractivity contribution in [3.8, 4) is 5.75 Å². The van der Waals surface area contributed by atoms with Crippen LogP contribution in [0.25, 0.3) is 0 Å². The Morgan fingerprint density at radius 3 is 2.19 bits per heavy atom. The molecular weight excluding hydrogens is 472 g/mol. The van der Waals surface area contributed by atoms with Crippen molar-refractivity contribution >= 4 is 21.6 Å². The van der Waals surface area contributed by atoms with Gasteiger partial charge in [-0.15, -0.1) is 0 Å². The van der Waals surface area contributed by atoms with E-state index in [1.165, 1.54) is 4.31 Å². The van der Waals surface area contributed by atoms with E-state index in [2.05, 4.69) is 25.2 Å². The number of nitrogens with one attached hydrogen (secondary N) is 1. The molecule has 0 aromatic heterocycles. The highest BCUT2D eigenvalue weighted by Gasteiger charge is 2.29. The lowest BCUT2D eigenvalue weighted by atomic mass is 9.93. The van der Waals surface area contributed by atoms with Crippen LogP contribution in [0.2, 0.25) is 0 Å². The third-order valence-electron chi connectivity index (χ3n) is 6.34.